The molecule has 0 saturated carbocycles. The summed E-state index contributed by atoms with van der Waals surface area (Å²) in [6, 6.07) is 8.61. The van der Waals surface area contributed by atoms with Crippen LogP contribution in [0.2, 0.25) is 0 Å². The molecule has 4 rings (SSSR count). The third kappa shape index (κ3) is 2.88. The van der Waals surface area contributed by atoms with Crippen molar-refractivity contribution in [3.05, 3.63) is 63.0 Å². The largest absolute Gasteiger partial charge is 0.451 e. The Labute approximate surface area is 150 Å². The normalized spacial score (nSPS) is 11.0. The number of ether oxygens (including phenoxy) is 1. The second-order valence-electron chi connectivity index (χ2n) is 5.42. The Bertz CT molecular complexity index is 1150. The van der Waals surface area contributed by atoms with E-state index < -0.39 is 5.97 Å². The minimum Gasteiger partial charge on any atom is -0.451 e. The van der Waals surface area contributed by atoms with Crippen LogP contribution in [0, 0.1) is 0 Å². The van der Waals surface area contributed by atoms with Crippen molar-refractivity contribution < 1.29 is 14.1 Å². The molecule has 8 nitrogen and oxygen atoms in total. The molecule has 3 heterocycles. The molecule has 0 aliphatic heterocycles. The molecule has 4 aromatic rings. The van der Waals surface area contributed by atoms with Gasteiger partial charge in [-0.3, -0.25) is 4.79 Å². The summed E-state index contributed by atoms with van der Waals surface area (Å²) in [6.07, 6.45) is 0. The van der Waals surface area contributed by atoms with Gasteiger partial charge in [-0.15, -0.1) is 0 Å². The summed E-state index contributed by atoms with van der Waals surface area (Å²) in [5.74, 6) is -0.0660. The Morgan fingerprint density at radius 2 is 2.08 bits per heavy atom. The van der Waals surface area contributed by atoms with Crippen LogP contribution in [-0.2, 0) is 18.4 Å². The van der Waals surface area contributed by atoms with Crippen molar-refractivity contribution in [2.45, 2.75) is 6.61 Å². The van der Waals surface area contributed by atoms with E-state index in [1.807, 2.05) is 16.8 Å². The Morgan fingerprint density at radius 1 is 1.27 bits per heavy atom. The number of fused-ring (bicyclic) bond motifs is 1. The molecule has 9 heteroatoms. The van der Waals surface area contributed by atoms with Crippen molar-refractivity contribution in [1.82, 2.24) is 19.9 Å². The third-order valence-corrected chi connectivity index (χ3v) is 4.41. The lowest BCUT2D eigenvalue weighted by Crippen LogP contribution is -2.23. The molecule has 26 heavy (non-hydrogen) atoms. The first-order valence-corrected chi connectivity index (χ1v) is 8.56. The highest BCUT2D eigenvalue weighted by Crippen LogP contribution is 2.19. The minimum atomic E-state index is -0.674. The first-order valence-electron chi connectivity index (χ1n) is 7.62. The quantitative estimate of drug-likeness (QED) is 0.510. The van der Waals surface area contributed by atoms with E-state index in [0.717, 1.165) is 10.2 Å². The van der Waals surface area contributed by atoms with E-state index in [1.165, 1.54) is 18.4 Å². The van der Waals surface area contributed by atoms with Gasteiger partial charge in [0.05, 0.1) is 5.39 Å². The number of rotatable bonds is 4. The van der Waals surface area contributed by atoms with Crippen LogP contribution in [0.15, 0.2) is 50.4 Å². The van der Waals surface area contributed by atoms with E-state index in [2.05, 4.69) is 15.2 Å². The summed E-state index contributed by atoms with van der Waals surface area (Å²) in [7, 11) is 1.48. The van der Waals surface area contributed by atoms with Gasteiger partial charge in [0, 0.05) is 23.4 Å². The van der Waals surface area contributed by atoms with Gasteiger partial charge in [0.15, 0.2) is 12.3 Å². The van der Waals surface area contributed by atoms with Crippen LogP contribution >= 0.6 is 11.3 Å². The fourth-order valence-corrected chi connectivity index (χ4v) is 3.10. The van der Waals surface area contributed by atoms with Crippen molar-refractivity contribution in [1.29, 1.82) is 0 Å². The highest BCUT2D eigenvalue weighted by atomic mass is 32.1. The zero-order chi connectivity index (χ0) is 18.1. The van der Waals surface area contributed by atoms with Crippen molar-refractivity contribution >= 4 is 28.1 Å². The third-order valence-electron chi connectivity index (χ3n) is 3.72. The second-order valence-corrected chi connectivity index (χ2v) is 6.20. The monoisotopic (exact) mass is 368 g/mol. The smallest absolute Gasteiger partial charge is 0.359 e. The maximum Gasteiger partial charge on any atom is 0.359 e. The number of carbonyl (C=O) groups excluding carboxylic acids is 1. The molecule has 0 aliphatic carbocycles. The van der Waals surface area contributed by atoms with Gasteiger partial charge < -0.3 is 9.26 Å². The standard InChI is InChI=1S/C17H12N4O4S/c1-21-16(22)12-5-3-2-4-11(12)14(19-21)17(23)24-8-13-18-15(20-25-13)10-6-7-26-9-10/h2-7,9H,8H2,1H3. The Kier molecular flexibility index (Phi) is 4.05. The lowest BCUT2D eigenvalue weighted by Gasteiger charge is -2.07. The van der Waals surface area contributed by atoms with Crippen molar-refractivity contribution in [2.75, 3.05) is 0 Å². The number of thiophene rings is 1. The summed E-state index contributed by atoms with van der Waals surface area (Å²) in [5.41, 5.74) is 0.608. The maximum absolute atomic E-state index is 12.4. The molecule has 0 spiro atoms. The van der Waals surface area contributed by atoms with Gasteiger partial charge in [0.1, 0.15) is 0 Å². The van der Waals surface area contributed by atoms with E-state index in [0.29, 0.717) is 16.6 Å². The van der Waals surface area contributed by atoms with Gasteiger partial charge in [-0.05, 0) is 17.5 Å². The molecule has 1 aromatic carbocycles. The Morgan fingerprint density at radius 3 is 2.85 bits per heavy atom. The second kappa shape index (κ2) is 6.52. The highest BCUT2D eigenvalue weighted by molar-refractivity contribution is 7.08. The summed E-state index contributed by atoms with van der Waals surface area (Å²) in [5, 5.41) is 12.5. The number of aryl methyl sites for hydroxylation is 1. The summed E-state index contributed by atoms with van der Waals surface area (Å²) >= 11 is 1.52. The number of hydrogen-bond donors (Lipinski definition) is 0. The van der Waals surface area contributed by atoms with Crippen molar-refractivity contribution in [3.8, 4) is 11.4 Å². The average molecular weight is 368 g/mol. The predicted molar refractivity (Wildman–Crippen MR) is 93.7 cm³/mol. The summed E-state index contributed by atoms with van der Waals surface area (Å²) in [4.78, 5) is 28.7. The van der Waals surface area contributed by atoms with E-state index in [1.54, 1.807) is 24.3 Å². The molecule has 0 saturated heterocycles. The average Bonchev–Trinajstić information content (AvgIpc) is 3.34. The van der Waals surface area contributed by atoms with Crippen LogP contribution in [-0.4, -0.2) is 25.9 Å². The fraction of sp³-hybridized carbons (Fsp3) is 0.118. The van der Waals surface area contributed by atoms with E-state index in [-0.39, 0.29) is 23.8 Å². The summed E-state index contributed by atoms with van der Waals surface area (Å²) < 4.78 is 11.4. The zero-order valence-corrected chi connectivity index (χ0v) is 14.4. The minimum absolute atomic E-state index is 0.0558. The van der Waals surface area contributed by atoms with Crippen LogP contribution < -0.4 is 5.56 Å². The molecule has 0 atom stereocenters. The Balaban J connectivity index is 1.57. The molecule has 0 aliphatic rings. The molecule has 0 N–H and O–H groups in total. The zero-order valence-electron chi connectivity index (χ0n) is 13.6. The van der Waals surface area contributed by atoms with E-state index in [9.17, 15) is 9.59 Å². The van der Waals surface area contributed by atoms with E-state index in [4.69, 9.17) is 9.26 Å². The van der Waals surface area contributed by atoms with Gasteiger partial charge >= 0.3 is 5.97 Å². The first kappa shape index (κ1) is 16.2. The van der Waals surface area contributed by atoms with Gasteiger partial charge in [0.25, 0.3) is 11.4 Å². The lowest BCUT2D eigenvalue weighted by atomic mass is 10.1. The first-order chi connectivity index (χ1) is 12.6. The number of nitrogens with zero attached hydrogens (tertiary/aromatic N) is 4. The topological polar surface area (TPSA) is 100 Å². The number of carbonyl (C=O) groups is 1. The van der Waals surface area contributed by atoms with Gasteiger partial charge in [-0.25, -0.2) is 9.48 Å². The SMILES string of the molecule is Cn1nc(C(=O)OCc2nc(-c3ccsc3)no2)c2ccccc2c1=O. The van der Waals surface area contributed by atoms with Crippen LogP contribution in [0.3, 0.4) is 0 Å². The number of hydrogen-bond acceptors (Lipinski definition) is 8. The van der Waals surface area contributed by atoms with Gasteiger partial charge in [-0.1, -0.05) is 23.4 Å². The molecular weight excluding hydrogens is 356 g/mol. The van der Waals surface area contributed by atoms with Gasteiger partial charge in [0.2, 0.25) is 5.82 Å². The predicted octanol–water partition coefficient (Wildman–Crippen LogP) is 2.40. The number of aromatic nitrogens is 4. The molecule has 130 valence electrons. The maximum atomic E-state index is 12.4. The Hall–Kier alpha value is -3.33. The molecule has 0 bridgehead atoms. The molecule has 3 aromatic heterocycles. The molecule has 0 amide bonds. The van der Waals surface area contributed by atoms with Crippen LogP contribution in [0.5, 0.6) is 0 Å². The van der Waals surface area contributed by atoms with Crippen LogP contribution in [0.25, 0.3) is 22.2 Å². The molecule has 0 fully saturated rings. The molecular formula is C17H12N4O4S. The highest BCUT2D eigenvalue weighted by Gasteiger charge is 2.18. The molecule has 0 unspecified atom stereocenters. The molecule has 0 radical (unpaired) electrons. The van der Waals surface area contributed by atoms with Crippen LogP contribution in [0.1, 0.15) is 16.4 Å². The summed E-state index contributed by atoms with van der Waals surface area (Å²) in [6.45, 7) is -0.186. The van der Waals surface area contributed by atoms with Gasteiger partial charge in [-0.2, -0.15) is 21.4 Å². The lowest BCUT2D eigenvalue weighted by molar-refractivity contribution is 0.0423. The van der Waals surface area contributed by atoms with Crippen LogP contribution in [0.4, 0.5) is 0 Å². The van der Waals surface area contributed by atoms with E-state index >= 15 is 0 Å². The number of benzene rings is 1. The van der Waals surface area contributed by atoms with Crippen molar-refractivity contribution in [2.24, 2.45) is 7.05 Å². The fourth-order valence-electron chi connectivity index (χ4n) is 2.47. The van der Waals surface area contributed by atoms with Crippen molar-refractivity contribution in [3.63, 3.8) is 0 Å². The number of esters is 1.